The number of hydrogen-bond acceptors (Lipinski definition) is 3. The lowest BCUT2D eigenvalue weighted by Crippen LogP contribution is -2.31. The van der Waals surface area contributed by atoms with E-state index in [1.165, 1.54) is 10.6 Å². The molecule has 0 saturated heterocycles. The molecule has 0 radical (unpaired) electrons. The second-order valence-corrected chi connectivity index (χ2v) is 7.68. The molecule has 0 aromatic heterocycles. The lowest BCUT2D eigenvalue weighted by atomic mass is 9.92. The van der Waals surface area contributed by atoms with Gasteiger partial charge in [-0.2, -0.15) is 5.10 Å². The number of hydrogen-bond donors (Lipinski definition) is 0. The number of aryl methyl sites for hydroxylation is 4. The number of likely N-dealkylation sites (N-methyl/N-ethyl adjacent to an activating group) is 1. The molecular formula is C26H34N2O2. The van der Waals surface area contributed by atoms with Crippen molar-refractivity contribution >= 4 is 17.4 Å². The lowest BCUT2D eigenvalue weighted by Gasteiger charge is -2.17. The molecule has 0 aliphatic carbocycles. The van der Waals surface area contributed by atoms with Crippen molar-refractivity contribution in [2.24, 2.45) is 5.10 Å². The van der Waals surface area contributed by atoms with E-state index in [0.29, 0.717) is 5.56 Å². The van der Waals surface area contributed by atoms with Gasteiger partial charge in [0.05, 0.1) is 0 Å². The highest BCUT2D eigenvalue weighted by atomic mass is 16.2. The maximum atomic E-state index is 13.1. The summed E-state index contributed by atoms with van der Waals surface area (Å²) >= 11 is 0. The number of Topliss-reactive ketones (excluding diaryl/α,β-unsaturated/α-hetero) is 1. The van der Waals surface area contributed by atoms with Crippen LogP contribution in [0, 0.1) is 6.92 Å². The number of benzene rings is 2. The topological polar surface area (TPSA) is 49.7 Å². The summed E-state index contributed by atoms with van der Waals surface area (Å²) < 4.78 is 0. The van der Waals surface area contributed by atoms with E-state index in [4.69, 9.17) is 0 Å². The number of ketones is 1. The van der Waals surface area contributed by atoms with Crippen LogP contribution in [0.15, 0.2) is 47.6 Å². The molecule has 2 rings (SSSR count). The SMILES string of the molecule is CC/C(CCCc1ccccc1)=N\N(C)C(=O)C(=O)c1c(CC)cc(C)cc1CC. The molecule has 0 bridgehead atoms. The Morgan fingerprint density at radius 3 is 2.10 bits per heavy atom. The largest absolute Gasteiger partial charge is 0.314 e. The third-order valence-corrected chi connectivity index (χ3v) is 5.40. The molecule has 0 fully saturated rings. The zero-order valence-electron chi connectivity index (χ0n) is 19.0. The Morgan fingerprint density at radius 1 is 0.967 bits per heavy atom. The predicted molar refractivity (Wildman–Crippen MR) is 124 cm³/mol. The zero-order valence-corrected chi connectivity index (χ0v) is 19.0. The fourth-order valence-electron chi connectivity index (χ4n) is 3.74. The first-order valence-corrected chi connectivity index (χ1v) is 11.0. The third kappa shape index (κ3) is 6.12. The molecule has 0 unspecified atom stereocenters. The minimum absolute atomic E-state index is 0.463. The van der Waals surface area contributed by atoms with Crippen molar-refractivity contribution in [1.29, 1.82) is 0 Å². The fraction of sp³-hybridized carbons (Fsp3) is 0.423. The van der Waals surface area contributed by atoms with E-state index in [1.54, 1.807) is 7.05 Å². The van der Waals surface area contributed by atoms with Crippen molar-refractivity contribution in [2.75, 3.05) is 7.05 Å². The average molecular weight is 407 g/mol. The molecular weight excluding hydrogens is 372 g/mol. The monoisotopic (exact) mass is 406 g/mol. The van der Waals surface area contributed by atoms with Crippen molar-refractivity contribution in [3.8, 4) is 0 Å². The van der Waals surface area contributed by atoms with Gasteiger partial charge in [0.2, 0.25) is 0 Å². The Labute approximate surface area is 181 Å². The average Bonchev–Trinajstić information content (AvgIpc) is 2.77. The molecule has 2 aromatic carbocycles. The van der Waals surface area contributed by atoms with Gasteiger partial charge in [-0.3, -0.25) is 9.59 Å². The van der Waals surface area contributed by atoms with E-state index in [9.17, 15) is 9.59 Å². The number of carbonyl (C=O) groups is 2. The van der Waals surface area contributed by atoms with Crippen LogP contribution in [-0.4, -0.2) is 29.5 Å². The highest BCUT2D eigenvalue weighted by molar-refractivity contribution is 6.43. The Bertz CT molecular complexity index is 875. The van der Waals surface area contributed by atoms with Crippen LogP contribution in [0.4, 0.5) is 0 Å². The van der Waals surface area contributed by atoms with Gasteiger partial charge in [-0.25, -0.2) is 5.01 Å². The molecule has 4 heteroatoms. The Morgan fingerprint density at radius 2 is 1.57 bits per heavy atom. The number of rotatable bonds is 10. The summed E-state index contributed by atoms with van der Waals surface area (Å²) in [7, 11) is 1.58. The molecule has 0 atom stereocenters. The standard InChI is InChI=1S/C26H34N2O2/c1-6-21-17-19(4)18-22(7-2)24(21)25(29)26(30)28(5)27-23(8-3)16-12-15-20-13-10-9-11-14-20/h9-11,13-14,17-18H,6-8,12,15-16H2,1-5H3/b27-23+. The normalized spacial score (nSPS) is 11.4. The van der Waals surface area contributed by atoms with Crippen molar-refractivity contribution < 1.29 is 9.59 Å². The van der Waals surface area contributed by atoms with Crippen LogP contribution in [0.2, 0.25) is 0 Å². The van der Waals surface area contributed by atoms with Crippen LogP contribution in [0.3, 0.4) is 0 Å². The molecule has 0 N–H and O–H groups in total. The zero-order chi connectivity index (χ0) is 22.1. The summed E-state index contributed by atoms with van der Waals surface area (Å²) in [6.07, 6.45) is 4.93. The van der Waals surface area contributed by atoms with Gasteiger partial charge in [-0.05, 0) is 62.1 Å². The third-order valence-electron chi connectivity index (χ3n) is 5.40. The van der Waals surface area contributed by atoms with Gasteiger partial charge in [0, 0.05) is 18.3 Å². The molecule has 0 aliphatic heterocycles. The fourth-order valence-corrected chi connectivity index (χ4v) is 3.74. The highest BCUT2D eigenvalue weighted by Crippen LogP contribution is 2.21. The van der Waals surface area contributed by atoms with Gasteiger partial charge in [0.25, 0.3) is 5.78 Å². The summed E-state index contributed by atoms with van der Waals surface area (Å²) in [6.45, 7) is 8.08. The summed E-state index contributed by atoms with van der Waals surface area (Å²) in [6, 6.07) is 14.4. The molecule has 0 saturated carbocycles. The Hall–Kier alpha value is -2.75. The summed E-state index contributed by atoms with van der Waals surface area (Å²) in [5.41, 5.74) is 5.77. The first kappa shape index (κ1) is 23.5. The Balaban J connectivity index is 2.12. The highest BCUT2D eigenvalue weighted by Gasteiger charge is 2.25. The molecule has 4 nitrogen and oxygen atoms in total. The van der Waals surface area contributed by atoms with Gasteiger partial charge in [-0.15, -0.1) is 0 Å². The van der Waals surface area contributed by atoms with Gasteiger partial charge in [-0.1, -0.05) is 68.8 Å². The van der Waals surface area contributed by atoms with Gasteiger partial charge in [0.15, 0.2) is 0 Å². The van der Waals surface area contributed by atoms with Crippen LogP contribution in [-0.2, 0) is 24.1 Å². The van der Waals surface area contributed by atoms with Crippen LogP contribution in [0.25, 0.3) is 0 Å². The molecule has 1 amide bonds. The first-order chi connectivity index (χ1) is 14.4. The summed E-state index contributed by atoms with van der Waals surface area (Å²) in [4.78, 5) is 25.9. The maximum Gasteiger partial charge on any atom is 0.314 e. The van der Waals surface area contributed by atoms with Crippen LogP contribution < -0.4 is 0 Å². The van der Waals surface area contributed by atoms with Crippen molar-refractivity contribution in [1.82, 2.24) is 5.01 Å². The van der Waals surface area contributed by atoms with E-state index >= 15 is 0 Å². The molecule has 0 spiro atoms. The van der Waals surface area contributed by atoms with E-state index in [-0.39, 0.29) is 0 Å². The van der Waals surface area contributed by atoms with E-state index < -0.39 is 11.7 Å². The van der Waals surface area contributed by atoms with Crippen molar-refractivity contribution in [3.05, 3.63) is 70.3 Å². The quantitative estimate of drug-likeness (QED) is 0.225. The van der Waals surface area contributed by atoms with E-state index in [2.05, 4.69) is 17.2 Å². The van der Waals surface area contributed by atoms with E-state index in [0.717, 1.165) is 60.9 Å². The number of carbonyl (C=O) groups excluding carboxylic acids is 2. The van der Waals surface area contributed by atoms with Crippen LogP contribution in [0.1, 0.15) is 72.6 Å². The first-order valence-electron chi connectivity index (χ1n) is 11.0. The summed E-state index contributed by atoms with van der Waals surface area (Å²) in [5, 5.41) is 5.71. The molecule has 30 heavy (non-hydrogen) atoms. The molecule has 160 valence electrons. The molecule has 0 aliphatic rings. The maximum absolute atomic E-state index is 13.1. The lowest BCUT2D eigenvalue weighted by molar-refractivity contribution is -0.125. The second kappa shape index (κ2) is 11.4. The minimum atomic E-state index is -0.572. The number of hydrazone groups is 1. The van der Waals surface area contributed by atoms with Crippen LogP contribution >= 0.6 is 0 Å². The minimum Gasteiger partial charge on any atom is -0.283 e. The van der Waals surface area contributed by atoms with Gasteiger partial charge < -0.3 is 0 Å². The molecule has 0 heterocycles. The number of nitrogens with zero attached hydrogens (tertiary/aromatic N) is 2. The second-order valence-electron chi connectivity index (χ2n) is 7.68. The smallest absolute Gasteiger partial charge is 0.283 e. The van der Waals surface area contributed by atoms with Gasteiger partial charge >= 0.3 is 5.91 Å². The van der Waals surface area contributed by atoms with Crippen LogP contribution in [0.5, 0.6) is 0 Å². The van der Waals surface area contributed by atoms with Crippen molar-refractivity contribution in [2.45, 2.75) is 66.2 Å². The van der Waals surface area contributed by atoms with Crippen molar-refractivity contribution in [3.63, 3.8) is 0 Å². The van der Waals surface area contributed by atoms with Gasteiger partial charge in [0.1, 0.15) is 0 Å². The number of amides is 1. The van der Waals surface area contributed by atoms with E-state index in [1.807, 2.05) is 58.0 Å². The Kier molecular flexibility index (Phi) is 8.97. The molecule has 2 aromatic rings. The predicted octanol–water partition coefficient (Wildman–Crippen LogP) is 5.55. The summed E-state index contributed by atoms with van der Waals surface area (Å²) in [5.74, 6) is -1.04.